The lowest BCUT2D eigenvalue weighted by Gasteiger charge is -2.27. The maximum absolute atomic E-state index is 11.6. The zero-order valence-corrected chi connectivity index (χ0v) is 14.7. The largest absolute Gasteiger partial charge is 0.355 e. The quantitative estimate of drug-likeness (QED) is 0.760. The molecule has 0 amide bonds. The zero-order valence-electron chi connectivity index (χ0n) is 12.4. The summed E-state index contributed by atoms with van der Waals surface area (Å²) in [5, 5.41) is 0.944. The molecule has 120 valence electrons. The number of halogens is 2. The summed E-state index contributed by atoms with van der Waals surface area (Å²) in [5.41, 5.74) is 2.41. The van der Waals surface area contributed by atoms with Crippen LogP contribution in [0.5, 0.6) is 0 Å². The van der Waals surface area contributed by atoms with Crippen molar-refractivity contribution >= 4 is 50.5 Å². The van der Waals surface area contributed by atoms with Crippen LogP contribution in [0, 0.1) is 0 Å². The second-order valence-corrected chi connectivity index (χ2v) is 8.05. The smallest absolute Gasteiger partial charge is 0.248 e. The van der Waals surface area contributed by atoms with Crippen molar-refractivity contribution in [2.75, 3.05) is 24.7 Å². The lowest BCUT2D eigenvalue weighted by molar-refractivity contribution is 0.592. The second-order valence-electron chi connectivity index (χ2n) is 5.33. The first-order valence-electron chi connectivity index (χ1n) is 6.70. The van der Waals surface area contributed by atoms with E-state index in [9.17, 15) is 8.42 Å². The summed E-state index contributed by atoms with van der Waals surface area (Å²) in [5.74, 6) is 0.562. The number of fused-ring (bicyclic) bond motifs is 1. The maximum atomic E-state index is 11.6. The van der Waals surface area contributed by atoms with E-state index in [1.807, 2.05) is 18.0 Å². The highest BCUT2D eigenvalue weighted by molar-refractivity contribution is 7.90. The Labute approximate surface area is 144 Å². The number of benzene rings is 1. The Kier molecular flexibility index (Phi) is 4.08. The van der Waals surface area contributed by atoms with Crippen LogP contribution in [0.4, 0.5) is 5.82 Å². The van der Waals surface area contributed by atoms with Gasteiger partial charge < -0.3 is 4.90 Å². The van der Waals surface area contributed by atoms with Crippen molar-refractivity contribution in [2.45, 2.75) is 5.16 Å². The maximum Gasteiger partial charge on any atom is 0.248 e. The molecule has 0 bridgehead atoms. The summed E-state index contributed by atoms with van der Waals surface area (Å²) >= 11 is 12.5. The number of anilines is 1. The van der Waals surface area contributed by atoms with Gasteiger partial charge in [-0.1, -0.05) is 29.3 Å². The first-order valence-corrected chi connectivity index (χ1v) is 9.35. The van der Waals surface area contributed by atoms with E-state index >= 15 is 0 Å². The van der Waals surface area contributed by atoms with Crippen LogP contribution in [0.3, 0.4) is 0 Å². The number of aromatic nitrogens is 2. The van der Waals surface area contributed by atoms with Gasteiger partial charge in [0, 0.05) is 47.2 Å². The standard InChI is InChI=1S/C15H13Cl2N3O2S/c1-20-8-10(13-11(16)4-3-5-12(13)17)6-9-7-18-15(19-14(9)20)23(2,21)22/h3-7H,8H2,1-2H3. The molecule has 0 N–H and O–H groups in total. The summed E-state index contributed by atoms with van der Waals surface area (Å²) < 4.78 is 23.2. The lowest BCUT2D eigenvalue weighted by Crippen LogP contribution is -2.26. The van der Waals surface area contributed by atoms with E-state index < -0.39 is 9.84 Å². The van der Waals surface area contributed by atoms with Crippen molar-refractivity contribution < 1.29 is 8.42 Å². The highest BCUT2D eigenvalue weighted by Gasteiger charge is 2.23. The van der Waals surface area contributed by atoms with Crippen LogP contribution >= 0.6 is 23.2 Å². The van der Waals surface area contributed by atoms with Gasteiger partial charge in [0.15, 0.2) is 0 Å². The molecule has 1 aromatic heterocycles. The van der Waals surface area contributed by atoms with Gasteiger partial charge in [0.1, 0.15) is 5.82 Å². The summed E-state index contributed by atoms with van der Waals surface area (Å²) in [6.07, 6.45) is 4.47. The molecule has 0 fully saturated rings. The summed E-state index contributed by atoms with van der Waals surface area (Å²) in [7, 11) is -1.62. The van der Waals surface area contributed by atoms with Crippen LogP contribution in [0.25, 0.3) is 11.6 Å². The van der Waals surface area contributed by atoms with Gasteiger partial charge in [0.05, 0.1) is 0 Å². The Bertz CT molecular complexity index is 906. The first kappa shape index (κ1) is 16.2. The van der Waals surface area contributed by atoms with Crippen molar-refractivity contribution in [1.82, 2.24) is 9.97 Å². The predicted octanol–water partition coefficient (Wildman–Crippen LogP) is 3.18. The minimum atomic E-state index is -3.45. The molecule has 1 aromatic carbocycles. The van der Waals surface area contributed by atoms with Gasteiger partial charge in [-0.05, 0) is 23.8 Å². The Morgan fingerprint density at radius 3 is 2.48 bits per heavy atom. The Morgan fingerprint density at radius 2 is 1.87 bits per heavy atom. The lowest BCUT2D eigenvalue weighted by atomic mass is 10.00. The number of sulfone groups is 1. The van der Waals surface area contributed by atoms with Gasteiger partial charge in [-0.3, -0.25) is 0 Å². The van der Waals surface area contributed by atoms with E-state index in [0.717, 1.165) is 23.0 Å². The Hall–Kier alpha value is -1.63. The van der Waals surface area contributed by atoms with Crippen molar-refractivity contribution in [3.63, 3.8) is 0 Å². The predicted molar refractivity (Wildman–Crippen MR) is 92.7 cm³/mol. The van der Waals surface area contributed by atoms with Crippen LogP contribution in [0.1, 0.15) is 11.1 Å². The average Bonchev–Trinajstić information content (AvgIpc) is 2.46. The molecule has 0 unspecified atom stereocenters. The monoisotopic (exact) mass is 369 g/mol. The summed E-state index contributed by atoms with van der Waals surface area (Å²) in [6.45, 7) is 0.511. The first-order chi connectivity index (χ1) is 10.8. The van der Waals surface area contributed by atoms with Gasteiger partial charge in [-0.2, -0.15) is 0 Å². The molecule has 3 rings (SSSR count). The fraction of sp³-hybridized carbons (Fsp3) is 0.200. The molecule has 0 aliphatic carbocycles. The van der Waals surface area contributed by atoms with Crippen LogP contribution in [-0.4, -0.2) is 38.2 Å². The molecule has 0 saturated carbocycles. The van der Waals surface area contributed by atoms with E-state index in [1.165, 1.54) is 6.20 Å². The minimum Gasteiger partial charge on any atom is -0.355 e. The molecule has 5 nitrogen and oxygen atoms in total. The van der Waals surface area contributed by atoms with Crippen LogP contribution < -0.4 is 4.90 Å². The highest BCUT2D eigenvalue weighted by Crippen LogP contribution is 2.36. The third kappa shape index (κ3) is 3.06. The number of likely N-dealkylation sites (N-methyl/N-ethyl adjacent to an activating group) is 1. The minimum absolute atomic E-state index is 0.185. The van der Waals surface area contributed by atoms with E-state index in [2.05, 4.69) is 9.97 Å². The number of hydrogen-bond donors (Lipinski definition) is 0. The number of nitrogens with zero attached hydrogens (tertiary/aromatic N) is 3. The Morgan fingerprint density at radius 1 is 1.22 bits per heavy atom. The Balaban J connectivity index is 2.15. The van der Waals surface area contributed by atoms with Gasteiger partial charge in [-0.25, -0.2) is 18.4 Å². The number of rotatable bonds is 2. The highest BCUT2D eigenvalue weighted by atomic mass is 35.5. The average molecular weight is 370 g/mol. The molecule has 0 radical (unpaired) electrons. The van der Waals surface area contributed by atoms with Crippen molar-refractivity contribution in [2.24, 2.45) is 0 Å². The molecule has 2 aromatic rings. The van der Waals surface area contributed by atoms with E-state index in [0.29, 0.717) is 22.4 Å². The summed E-state index contributed by atoms with van der Waals surface area (Å²) in [4.78, 5) is 9.94. The van der Waals surface area contributed by atoms with E-state index in [-0.39, 0.29) is 5.16 Å². The molecule has 0 spiro atoms. The molecular formula is C15H13Cl2N3O2S. The molecule has 0 atom stereocenters. The molecule has 8 heteroatoms. The van der Waals surface area contributed by atoms with Crippen molar-refractivity contribution in [3.8, 4) is 0 Å². The van der Waals surface area contributed by atoms with E-state index in [4.69, 9.17) is 23.2 Å². The van der Waals surface area contributed by atoms with Crippen LogP contribution in [0.15, 0.2) is 29.6 Å². The SMILES string of the molecule is CN1CC(c2c(Cl)cccc2Cl)=Cc2cnc(S(C)(=O)=O)nc21. The second kappa shape index (κ2) is 5.78. The third-order valence-electron chi connectivity index (χ3n) is 3.49. The van der Waals surface area contributed by atoms with Gasteiger partial charge in [0.2, 0.25) is 15.0 Å². The fourth-order valence-corrected chi connectivity index (χ4v) is 3.61. The molecule has 23 heavy (non-hydrogen) atoms. The molecule has 1 aliphatic rings. The van der Waals surface area contributed by atoms with Gasteiger partial charge in [-0.15, -0.1) is 0 Å². The normalized spacial score (nSPS) is 14.4. The molecule has 0 saturated heterocycles. The van der Waals surface area contributed by atoms with E-state index in [1.54, 1.807) is 18.2 Å². The molecule has 1 aliphatic heterocycles. The van der Waals surface area contributed by atoms with Crippen molar-refractivity contribution in [1.29, 1.82) is 0 Å². The number of hydrogen-bond acceptors (Lipinski definition) is 5. The molecular weight excluding hydrogens is 357 g/mol. The third-order valence-corrected chi connectivity index (χ3v) is 4.98. The van der Waals surface area contributed by atoms with Crippen LogP contribution in [-0.2, 0) is 9.84 Å². The summed E-state index contributed by atoms with van der Waals surface area (Å²) in [6, 6.07) is 5.35. The zero-order chi connectivity index (χ0) is 16.8. The fourth-order valence-electron chi connectivity index (χ4n) is 2.47. The topological polar surface area (TPSA) is 63.2 Å². The molecule has 2 heterocycles. The van der Waals surface area contributed by atoms with Gasteiger partial charge >= 0.3 is 0 Å². The van der Waals surface area contributed by atoms with Crippen molar-refractivity contribution in [3.05, 3.63) is 45.6 Å². The van der Waals surface area contributed by atoms with Crippen LogP contribution in [0.2, 0.25) is 10.0 Å². The van der Waals surface area contributed by atoms with Gasteiger partial charge in [0.25, 0.3) is 0 Å².